The van der Waals surface area contributed by atoms with E-state index in [2.05, 4.69) is 9.97 Å². The SMILES string of the molecule is Cc1ccc(N2CC(C(=O)N3CCCC(Oc4nc(C)cc(C)n4)C3)CC2=O)cc1. The molecule has 1 aromatic heterocycles. The molecule has 2 saturated heterocycles. The molecule has 0 bridgehead atoms. The minimum atomic E-state index is -0.310. The third-order valence-electron chi connectivity index (χ3n) is 5.74. The Hall–Kier alpha value is -2.96. The van der Waals surface area contributed by atoms with E-state index in [9.17, 15) is 9.59 Å². The van der Waals surface area contributed by atoms with Gasteiger partial charge in [-0.3, -0.25) is 9.59 Å². The summed E-state index contributed by atoms with van der Waals surface area (Å²) in [6.07, 6.45) is 1.85. The molecule has 2 fully saturated rings. The van der Waals surface area contributed by atoms with Crippen molar-refractivity contribution >= 4 is 17.5 Å². The number of carbonyl (C=O) groups is 2. The monoisotopic (exact) mass is 408 g/mol. The van der Waals surface area contributed by atoms with E-state index >= 15 is 0 Å². The van der Waals surface area contributed by atoms with Crippen LogP contribution in [-0.2, 0) is 9.59 Å². The van der Waals surface area contributed by atoms with Crippen LogP contribution >= 0.6 is 0 Å². The molecule has 7 nitrogen and oxygen atoms in total. The Bertz CT molecular complexity index is 924. The maximum Gasteiger partial charge on any atom is 0.317 e. The van der Waals surface area contributed by atoms with Crippen molar-refractivity contribution < 1.29 is 14.3 Å². The third-order valence-corrected chi connectivity index (χ3v) is 5.74. The number of benzene rings is 1. The fourth-order valence-corrected chi connectivity index (χ4v) is 4.24. The van der Waals surface area contributed by atoms with E-state index in [0.717, 1.165) is 35.5 Å². The molecule has 30 heavy (non-hydrogen) atoms. The molecule has 2 aromatic rings. The average molecular weight is 409 g/mol. The molecule has 0 radical (unpaired) electrons. The number of amides is 2. The van der Waals surface area contributed by atoms with Crippen LogP contribution in [0.15, 0.2) is 30.3 Å². The molecule has 2 aliphatic heterocycles. The lowest BCUT2D eigenvalue weighted by Crippen LogP contribution is -2.47. The number of hydrogen-bond acceptors (Lipinski definition) is 5. The van der Waals surface area contributed by atoms with Gasteiger partial charge in [-0.2, -0.15) is 0 Å². The molecular formula is C23H28N4O3. The number of carbonyl (C=O) groups excluding carboxylic acids is 2. The van der Waals surface area contributed by atoms with Crippen molar-refractivity contribution in [3.05, 3.63) is 47.3 Å². The maximum absolute atomic E-state index is 13.1. The van der Waals surface area contributed by atoms with Gasteiger partial charge >= 0.3 is 6.01 Å². The van der Waals surface area contributed by atoms with Crippen LogP contribution in [0.4, 0.5) is 5.69 Å². The number of hydrogen-bond donors (Lipinski definition) is 0. The minimum absolute atomic E-state index is 0.00523. The number of anilines is 1. The van der Waals surface area contributed by atoms with E-state index in [4.69, 9.17) is 4.74 Å². The van der Waals surface area contributed by atoms with Crippen molar-refractivity contribution in [3.63, 3.8) is 0 Å². The van der Waals surface area contributed by atoms with E-state index in [1.54, 1.807) is 4.90 Å². The molecule has 3 heterocycles. The fraction of sp³-hybridized carbons (Fsp3) is 0.478. The topological polar surface area (TPSA) is 75.6 Å². The quantitative estimate of drug-likeness (QED) is 0.778. The smallest absolute Gasteiger partial charge is 0.317 e. The number of piperidine rings is 1. The van der Waals surface area contributed by atoms with Crippen LogP contribution < -0.4 is 9.64 Å². The highest BCUT2D eigenvalue weighted by Crippen LogP contribution is 2.28. The Morgan fingerprint density at radius 3 is 2.47 bits per heavy atom. The molecular weight excluding hydrogens is 380 g/mol. The molecule has 4 rings (SSSR count). The average Bonchev–Trinajstić information content (AvgIpc) is 3.09. The van der Waals surface area contributed by atoms with Gasteiger partial charge in [-0.05, 0) is 51.8 Å². The first-order valence-electron chi connectivity index (χ1n) is 10.5. The van der Waals surface area contributed by atoms with Crippen molar-refractivity contribution in [1.82, 2.24) is 14.9 Å². The number of aromatic nitrogens is 2. The molecule has 2 atom stereocenters. The largest absolute Gasteiger partial charge is 0.458 e. The first-order valence-corrected chi connectivity index (χ1v) is 10.5. The van der Waals surface area contributed by atoms with Crippen molar-refractivity contribution in [3.8, 4) is 6.01 Å². The number of nitrogens with zero attached hydrogens (tertiary/aromatic N) is 4. The van der Waals surface area contributed by atoms with Crippen LogP contribution in [0, 0.1) is 26.7 Å². The lowest BCUT2D eigenvalue weighted by atomic mass is 10.0. The van der Waals surface area contributed by atoms with Crippen LogP contribution in [0.5, 0.6) is 6.01 Å². The van der Waals surface area contributed by atoms with Crippen LogP contribution in [0.2, 0.25) is 0 Å². The summed E-state index contributed by atoms with van der Waals surface area (Å²) in [6, 6.07) is 10.1. The van der Waals surface area contributed by atoms with Crippen molar-refractivity contribution in [1.29, 1.82) is 0 Å². The van der Waals surface area contributed by atoms with Gasteiger partial charge in [-0.1, -0.05) is 17.7 Å². The Labute approximate surface area is 177 Å². The molecule has 0 N–H and O–H groups in total. The van der Waals surface area contributed by atoms with Gasteiger partial charge in [0.25, 0.3) is 0 Å². The first-order chi connectivity index (χ1) is 14.4. The number of likely N-dealkylation sites (tertiary alicyclic amines) is 1. The molecule has 2 amide bonds. The molecule has 1 aromatic carbocycles. The Morgan fingerprint density at radius 2 is 1.77 bits per heavy atom. The highest BCUT2D eigenvalue weighted by Gasteiger charge is 2.38. The van der Waals surface area contributed by atoms with Gasteiger partial charge in [0, 0.05) is 36.6 Å². The summed E-state index contributed by atoms with van der Waals surface area (Å²) >= 11 is 0. The van der Waals surface area contributed by atoms with Gasteiger partial charge < -0.3 is 14.5 Å². The standard InChI is InChI=1S/C23H28N4O3/c1-15-6-8-19(9-7-15)27-13-18(12-21(27)28)22(29)26-10-4-5-20(14-26)30-23-24-16(2)11-17(3)25-23/h6-9,11,18,20H,4-5,10,12-14H2,1-3H3. The van der Waals surface area contributed by atoms with E-state index in [1.807, 2.05) is 56.0 Å². The third kappa shape index (κ3) is 4.45. The molecule has 0 aliphatic carbocycles. The lowest BCUT2D eigenvalue weighted by molar-refractivity contribution is -0.138. The molecule has 7 heteroatoms. The molecule has 158 valence electrons. The molecule has 2 unspecified atom stereocenters. The van der Waals surface area contributed by atoms with E-state index in [1.165, 1.54) is 0 Å². The number of ether oxygens (including phenoxy) is 1. The summed E-state index contributed by atoms with van der Waals surface area (Å²) < 4.78 is 5.99. The van der Waals surface area contributed by atoms with Gasteiger partial charge in [-0.25, -0.2) is 9.97 Å². The molecule has 2 aliphatic rings. The summed E-state index contributed by atoms with van der Waals surface area (Å²) in [4.78, 5) is 37.9. The van der Waals surface area contributed by atoms with Gasteiger partial charge in [0.05, 0.1) is 12.5 Å². The summed E-state index contributed by atoms with van der Waals surface area (Å²) in [5.41, 5.74) is 3.72. The second kappa shape index (κ2) is 8.42. The van der Waals surface area contributed by atoms with Crippen LogP contribution in [0.25, 0.3) is 0 Å². The maximum atomic E-state index is 13.1. The second-order valence-corrected chi connectivity index (χ2v) is 8.34. The zero-order valence-electron chi connectivity index (χ0n) is 17.8. The summed E-state index contributed by atoms with van der Waals surface area (Å²) in [7, 11) is 0. The van der Waals surface area contributed by atoms with E-state index in [0.29, 0.717) is 25.6 Å². The highest BCUT2D eigenvalue weighted by molar-refractivity contribution is 6.00. The van der Waals surface area contributed by atoms with Crippen molar-refractivity contribution in [2.45, 2.75) is 46.1 Å². The zero-order chi connectivity index (χ0) is 21.3. The van der Waals surface area contributed by atoms with Gasteiger partial charge in [0.2, 0.25) is 11.8 Å². The summed E-state index contributed by atoms with van der Waals surface area (Å²) in [5.74, 6) is -0.270. The predicted octanol–water partition coefficient (Wildman–Crippen LogP) is 2.82. The molecule has 0 saturated carbocycles. The van der Waals surface area contributed by atoms with Crippen molar-refractivity contribution in [2.75, 3.05) is 24.5 Å². The molecule has 0 spiro atoms. The summed E-state index contributed by atoms with van der Waals surface area (Å²) in [5, 5.41) is 0. The lowest BCUT2D eigenvalue weighted by Gasteiger charge is -2.33. The number of rotatable bonds is 4. The van der Waals surface area contributed by atoms with Gasteiger partial charge in [0.15, 0.2) is 0 Å². The Morgan fingerprint density at radius 1 is 1.07 bits per heavy atom. The zero-order valence-corrected chi connectivity index (χ0v) is 17.8. The van der Waals surface area contributed by atoms with E-state index in [-0.39, 0.29) is 30.3 Å². The van der Waals surface area contributed by atoms with Crippen molar-refractivity contribution in [2.24, 2.45) is 5.92 Å². The first kappa shape index (κ1) is 20.3. The van der Waals surface area contributed by atoms with E-state index < -0.39 is 0 Å². The Balaban J connectivity index is 1.39. The fourth-order valence-electron chi connectivity index (χ4n) is 4.24. The Kier molecular flexibility index (Phi) is 5.70. The minimum Gasteiger partial charge on any atom is -0.458 e. The second-order valence-electron chi connectivity index (χ2n) is 8.34. The predicted molar refractivity (Wildman–Crippen MR) is 113 cm³/mol. The normalized spacial score (nSPS) is 21.8. The van der Waals surface area contributed by atoms with Crippen LogP contribution in [-0.4, -0.2) is 52.4 Å². The number of aryl methyl sites for hydroxylation is 3. The van der Waals surface area contributed by atoms with Crippen LogP contribution in [0.1, 0.15) is 36.2 Å². The van der Waals surface area contributed by atoms with Gasteiger partial charge in [0.1, 0.15) is 6.10 Å². The van der Waals surface area contributed by atoms with Gasteiger partial charge in [-0.15, -0.1) is 0 Å². The highest BCUT2D eigenvalue weighted by atomic mass is 16.5. The summed E-state index contributed by atoms with van der Waals surface area (Å²) in [6.45, 7) is 7.47. The van der Waals surface area contributed by atoms with Crippen LogP contribution in [0.3, 0.4) is 0 Å².